The van der Waals surface area contributed by atoms with Gasteiger partial charge in [0.2, 0.25) is 0 Å². The second-order valence-electron chi connectivity index (χ2n) is 8.09. The molecule has 0 bridgehead atoms. The molecule has 36 heavy (non-hydrogen) atoms. The molecule has 0 aliphatic heterocycles. The van der Waals surface area contributed by atoms with Crippen molar-refractivity contribution in [2.75, 3.05) is 9.80 Å². The van der Waals surface area contributed by atoms with E-state index < -0.39 is 0 Å². The predicted octanol–water partition coefficient (Wildman–Crippen LogP) is 9.18. The third kappa shape index (κ3) is 4.93. The van der Waals surface area contributed by atoms with Gasteiger partial charge in [-0.1, -0.05) is 0 Å². The van der Waals surface area contributed by atoms with Crippen LogP contribution >= 0.6 is 0 Å². The van der Waals surface area contributed by atoms with Crippen molar-refractivity contribution >= 4 is 34.1 Å². The molecule has 0 N–H and O–H groups in total. The highest BCUT2D eigenvalue weighted by atomic mass is 19.1. The molecule has 0 atom stereocenters. The summed E-state index contributed by atoms with van der Waals surface area (Å²) in [4.78, 5) is 3.76. The van der Waals surface area contributed by atoms with Gasteiger partial charge >= 0.3 is 0 Å². The highest BCUT2D eigenvalue weighted by Crippen LogP contribution is 2.39. The Morgan fingerprint density at radius 2 is 0.389 bits per heavy atom. The van der Waals surface area contributed by atoms with E-state index in [1.807, 2.05) is 34.1 Å². The van der Waals surface area contributed by atoms with Gasteiger partial charge in [-0.3, -0.25) is 0 Å². The van der Waals surface area contributed by atoms with Crippen LogP contribution in [0.3, 0.4) is 0 Å². The van der Waals surface area contributed by atoms with Crippen molar-refractivity contribution in [2.24, 2.45) is 0 Å². The first kappa shape index (κ1) is 23.2. The van der Waals surface area contributed by atoms with Crippen LogP contribution in [0.2, 0.25) is 0 Å². The van der Waals surface area contributed by atoms with Gasteiger partial charge in [-0.2, -0.15) is 0 Å². The standard InChI is InChI=1S/C30H20F4N2/c31-21-1-9-25(10-2-21)35(26-11-3-22(32)4-12-26)29-17-19-30(20-18-29)36(27-13-5-23(33)6-14-27)28-15-7-24(34)8-16-28/h1-20H. The largest absolute Gasteiger partial charge is 0.310 e. The summed E-state index contributed by atoms with van der Waals surface area (Å²) in [5, 5.41) is 0. The molecule has 0 aromatic heterocycles. The maximum absolute atomic E-state index is 13.6. The lowest BCUT2D eigenvalue weighted by atomic mass is 10.1. The second kappa shape index (κ2) is 9.96. The van der Waals surface area contributed by atoms with Gasteiger partial charge in [0.25, 0.3) is 0 Å². The topological polar surface area (TPSA) is 6.48 Å². The Labute approximate surface area is 206 Å². The van der Waals surface area contributed by atoms with Crippen LogP contribution in [0.4, 0.5) is 51.7 Å². The second-order valence-corrected chi connectivity index (χ2v) is 8.09. The third-order valence-electron chi connectivity index (χ3n) is 5.71. The molecule has 0 saturated carbocycles. The molecule has 5 aromatic carbocycles. The van der Waals surface area contributed by atoms with E-state index in [0.717, 1.165) is 11.4 Å². The fourth-order valence-corrected chi connectivity index (χ4v) is 4.01. The Balaban J connectivity index is 1.57. The van der Waals surface area contributed by atoms with E-state index in [1.54, 1.807) is 48.5 Å². The van der Waals surface area contributed by atoms with Crippen LogP contribution in [0.25, 0.3) is 0 Å². The lowest BCUT2D eigenvalue weighted by Crippen LogP contribution is -2.12. The first-order valence-corrected chi connectivity index (χ1v) is 11.2. The van der Waals surface area contributed by atoms with E-state index in [4.69, 9.17) is 0 Å². The molecule has 0 amide bonds. The predicted molar refractivity (Wildman–Crippen MR) is 136 cm³/mol. The molecule has 0 aliphatic rings. The average Bonchev–Trinajstić information content (AvgIpc) is 2.90. The molecule has 6 heteroatoms. The normalized spacial score (nSPS) is 10.8. The summed E-state index contributed by atoms with van der Waals surface area (Å²) in [6.07, 6.45) is 0. The summed E-state index contributed by atoms with van der Waals surface area (Å²) in [7, 11) is 0. The zero-order chi connectivity index (χ0) is 25.1. The molecular formula is C30H20F4N2. The maximum atomic E-state index is 13.6. The molecular weight excluding hydrogens is 464 g/mol. The Kier molecular flexibility index (Phi) is 6.41. The SMILES string of the molecule is Fc1ccc(N(c2ccc(F)cc2)c2ccc(N(c3ccc(F)cc3)c3ccc(F)cc3)cc2)cc1. The van der Waals surface area contributed by atoms with Crippen molar-refractivity contribution in [3.63, 3.8) is 0 Å². The van der Waals surface area contributed by atoms with E-state index >= 15 is 0 Å². The summed E-state index contributed by atoms with van der Waals surface area (Å²) in [5.74, 6) is -1.44. The Bertz CT molecular complexity index is 1230. The van der Waals surface area contributed by atoms with Crippen molar-refractivity contribution in [1.29, 1.82) is 0 Å². The first-order valence-electron chi connectivity index (χ1n) is 11.2. The van der Waals surface area contributed by atoms with Crippen molar-refractivity contribution < 1.29 is 17.6 Å². The minimum absolute atomic E-state index is 0.359. The third-order valence-corrected chi connectivity index (χ3v) is 5.71. The van der Waals surface area contributed by atoms with Gasteiger partial charge in [0.1, 0.15) is 23.3 Å². The number of hydrogen-bond acceptors (Lipinski definition) is 2. The fourth-order valence-electron chi connectivity index (χ4n) is 4.01. The van der Waals surface area contributed by atoms with Crippen LogP contribution in [0.5, 0.6) is 0 Å². The summed E-state index contributed by atoms with van der Waals surface area (Å²) in [6, 6.07) is 31.6. The molecule has 0 saturated heterocycles. The van der Waals surface area contributed by atoms with Crippen LogP contribution < -0.4 is 9.80 Å². The molecule has 0 unspecified atom stereocenters. The molecule has 0 fully saturated rings. The summed E-state index contributed by atoms with van der Waals surface area (Å²) >= 11 is 0. The number of halogens is 4. The fraction of sp³-hybridized carbons (Fsp3) is 0. The van der Waals surface area contributed by atoms with E-state index in [9.17, 15) is 17.6 Å². The summed E-state index contributed by atoms with van der Waals surface area (Å²) in [6.45, 7) is 0. The van der Waals surface area contributed by atoms with Crippen molar-refractivity contribution in [1.82, 2.24) is 0 Å². The van der Waals surface area contributed by atoms with Gasteiger partial charge in [0, 0.05) is 34.1 Å². The van der Waals surface area contributed by atoms with Gasteiger partial charge in [0.05, 0.1) is 0 Å². The molecule has 0 spiro atoms. The molecule has 5 aromatic rings. The number of anilines is 6. The van der Waals surface area contributed by atoms with Crippen LogP contribution in [-0.4, -0.2) is 0 Å². The summed E-state index contributed by atoms with van der Waals surface area (Å²) in [5.41, 5.74) is 4.31. The number of rotatable bonds is 6. The van der Waals surface area contributed by atoms with E-state index in [1.165, 1.54) is 48.5 Å². The lowest BCUT2D eigenvalue weighted by molar-refractivity contribution is 0.627. The molecule has 5 rings (SSSR count). The van der Waals surface area contributed by atoms with Crippen molar-refractivity contribution in [3.05, 3.63) is 145 Å². The van der Waals surface area contributed by atoms with Gasteiger partial charge in [-0.15, -0.1) is 0 Å². The molecule has 0 radical (unpaired) electrons. The average molecular weight is 484 g/mol. The first-order chi connectivity index (χ1) is 17.5. The zero-order valence-corrected chi connectivity index (χ0v) is 19.0. The lowest BCUT2D eigenvalue weighted by Gasteiger charge is -2.28. The number of nitrogens with zero attached hydrogens (tertiary/aromatic N) is 2. The number of hydrogen-bond donors (Lipinski definition) is 0. The van der Waals surface area contributed by atoms with Gasteiger partial charge < -0.3 is 9.80 Å². The molecule has 0 heterocycles. The van der Waals surface area contributed by atoms with Crippen LogP contribution in [0, 0.1) is 23.3 Å². The van der Waals surface area contributed by atoms with E-state index in [2.05, 4.69) is 0 Å². The van der Waals surface area contributed by atoms with Crippen molar-refractivity contribution in [2.45, 2.75) is 0 Å². The Morgan fingerprint density at radius 1 is 0.250 bits per heavy atom. The maximum Gasteiger partial charge on any atom is 0.123 e. The van der Waals surface area contributed by atoms with Crippen LogP contribution in [0.1, 0.15) is 0 Å². The van der Waals surface area contributed by atoms with E-state index in [-0.39, 0.29) is 23.3 Å². The minimum Gasteiger partial charge on any atom is -0.310 e. The van der Waals surface area contributed by atoms with Crippen LogP contribution in [-0.2, 0) is 0 Å². The monoisotopic (exact) mass is 484 g/mol. The minimum atomic E-state index is -0.359. The summed E-state index contributed by atoms with van der Waals surface area (Å²) < 4.78 is 54.4. The quantitative estimate of drug-likeness (QED) is 0.222. The van der Waals surface area contributed by atoms with Crippen molar-refractivity contribution in [3.8, 4) is 0 Å². The van der Waals surface area contributed by atoms with Gasteiger partial charge in [-0.05, 0) is 121 Å². The smallest absolute Gasteiger partial charge is 0.123 e. The van der Waals surface area contributed by atoms with Gasteiger partial charge in [-0.25, -0.2) is 17.6 Å². The number of benzene rings is 5. The Morgan fingerprint density at radius 3 is 0.556 bits per heavy atom. The zero-order valence-electron chi connectivity index (χ0n) is 19.0. The van der Waals surface area contributed by atoms with Gasteiger partial charge in [0.15, 0.2) is 0 Å². The van der Waals surface area contributed by atoms with Crippen LogP contribution in [0.15, 0.2) is 121 Å². The highest BCUT2D eigenvalue weighted by Gasteiger charge is 2.16. The molecule has 178 valence electrons. The molecule has 2 nitrogen and oxygen atoms in total. The molecule has 0 aliphatic carbocycles. The highest BCUT2D eigenvalue weighted by molar-refractivity contribution is 5.81. The Hall–Kier alpha value is -4.58. The van der Waals surface area contributed by atoms with E-state index in [0.29, 0.717) is 22.7 Å².